The predicted molar refractivity (Wildman–Crippen MR) is 71.9 cm³/mol. The molecule has 1 unspecified atom stereocenters. The molecular formula is C13H14N4O2. The van der Waals surface area contributed by atoms with E-state index in [1.807, 2.05) is 19.1 Å². The lowest BCUT2D eigenvalue weighted by Gasteiger charge is -2.16. The Bertz CT molecular complexity index is 586. The van der Waals surface area contributed by atoms with Crippen molar-refractivity contribution in [1.82, 2.24) is 9.97 Å². The van der Waals surface area contributed by atoms with Gasteiger partial charge in [0.25, 0.3) is 5.69 Å². The smallest absolute Gasteiger partial charge is 0.287 e. The summed E-state index contributed by atoms with van der Waals surface area (Å²) in [5.74, 6) is 0.648. The van der Waals surface area contributed by atoms with Crippen LogP contribution in [0.5, 0.6) is 0 Å². The van der Waals surface area contributed by atoms with Crippen molar-refractivity contribution in [3.05, 3.63) is 58.0 Å². The van der Waals surface area contributed by atoms with Gasteiger partial charge in [0.05, 0.1) is 11.0 Å². The summed E-state index contributed by atoms with van der Waals surface area (Å²) in [5.41, 5.74) is 1.82. The van der Waals surface area contributed by atoms with E-state index in [0.717, 1.165) is 11.1 Å². The number of nitrogens with zero attached hydrogens (tertiary/aromatic N) is 3. The summed E-state index contributed by atoms with van der Waals surface area (Å²) >= 11 is 0. The van der Waals surface area contributed by atoms with Crippen LogP contribution in [0.2, 0.25) is 0 Å². The van der Waals surface area contributed by atoms with Crippen LogP contribution in [-0.2, 0) is 0 Å². The molecule has 0 spiro atoms. The Labute approximate surface area is 110 Å². The van der Waals surface area contributed by atoms with Gasteiger partial charge in [0.2, 0.25) is 0 Å². The molecule has 0 aliphatic rings. The van der Waals surface area contributed by atoms with E-state index in [2.05, 4.69) is 15.3 Å². The van der Waals surface area contributed by atoms with Gasteiger partial charge >= 0.3 is 0 Å². The van der Waals surface area contributed by atoms with E-state index < -0.39 is 4.92 Å². The first-order chi connectivity index (χ1) is 9.08. The number of hydrogen-bond donors (Lipinski definition) is 1. The molecule has 98 valence electrons. The van der Waals surface area contributed by atoms with E-state index in [-0.39, 0.29) is 11.7 Å². The third-order valence-electron chi connectivity index (χ3n) is 2.83. The Kier molecular flexibility index (Phi) is 3.70. The average molecular weight is 258 g/mol. The first-order valence-electron chi connectivity index (χ1n) is 5.85. The molecule has 2 heterocycles. The minimum atomic E-state index is -0.448. The number of aryl methyl sites for hydroxylation is 1. The van der Waals surface area contributed by atoms with Gasteiger partial charge in [-0.25, -0.2) is 4.98 Å². The number of rotatable bonds is 4. The van der Waals surface area contributed by atoms with Gasteiger partial charge in [-0.1, -0.05) is 0 Å². The van der Waals surface area contributed by atoms with Crippen molar-refractivity contribution in [3.8, 4) is 0 Å². The van der Waals surface area contributed by atoms with Crippen LogP contribution < -0.4 is 5.32 Å². The topological polar surface area (TPSA) is 81.0 Å². The number of nitrogens with one attached hydrogen (secondary N) is 1. The Hall–Kier alpha value is -2.50. The fourth-order valence-electron chi connectivity index (χ4n) is 1.75. The maximum atomic E-state index is 10.6. The second kappa shape index (κ2) is 5.43. The maximum Gasteiger partial charge on any atom is 0.287 e. The second-order valence-corrected chi connectivity index (χ2v) is 4.26. The zero-order valence-electron chi connectivity index (χ0n) is 10.7. The van der Waals surface area contributed by atoms with Gasteiger partial charge in [0.1, 0.15) is 12.0 Å². The van der Waals surface area contributed by atoms with Gasteiger partial charge < -0.3 is 5.32 Å². The molecule has 0 aromatic carbocycles. The normalized spacial score (nSPS) is 11.9. The minimum Gasteiger partial charge on any atom is -0.363 e. The monoisotopic (exact) mass is 258 g/mol. The molecule has 0 aliphatic heterocycles. The van der Waals surface area contributed by atoms with Crippen LogP contribution in [0, 0.1) is 17.0 Å². The molecule has 0 bridgehead atoms. The number of pyridine rings is 2. The van der Waals surface area contributed by atoms with Crippen molar-refractivity contribution in [3.63, 3.8) is 0 Å². The Balaban J connectivity index is 2.18. The highest BCUT2D eigenvalue weighted by Gasteiger charge is 2.12. The Morgan fingerprint density at radius 1 is 1.37 bits per heavy atom. The third-order valence-corrected chi connectivity index (χ3v) is 2.83. The second-order valence-electron chi connectivity index (χ2n) is 4.26. The quantitative estimate of drug-likeness (QED) is 0.673. The van der Waals surface area contributed by atoms with Gasteiger partial charge in [-0.05, 0) is 37.1 Å². The highest BCUT2D eigenvalue weighted by Crippen LogP contribution is 2.22. The van der Waals surface area contributed by atoms with Crippen LogP contribution in [-0.4, -0.2) is 14.9 Å². The molecule has 0 fully saturated rings. The van der Waals surface area contributed by atoms with Crippen molar-refractivity contribution in [2.45, 2.75) is 19.9 Å². The van der Waals surface area contributed by atoms with E-state index >= 15 is 0 Å². The van der Waals surface area contributed by atoms with E-state index in [0.29, 0.717) is 5.82 Å². The molecule has 0 saturated carbocycles. The Morgan fingerprint density at radius 3 is 2.63 bits per heavy atom. The van der Waals surface area contributed by atoms with Crippen LogP contribution in [0.25, 0.3) is 0 Å². The van der Waals surface area contributed by atoms with E-state index in [9.17, 15) is 10.1 Å². The number of nitro groups is 1. The van der Waals surface area contributed by atoms with Gasteiger partial charge in [0, 0.05) is 18.5 Å². The lowest BCUT2D eigenvalue weighted by atomic mass is 10.1. The third kappa shape index (κ3) is 3.04. The molecule has 19 heavy (non-hydrogen) atoms. The van der Waals surface area contributed by atoms with Crippen molar-refractivity contribution in [2.75, 3.05) is 5.32 Å². The van der Waals surface area contributed by atoms with Gasteiger partial charge in [0.15, 0.2) is 0 Å². The largest absolute Gasteiger partial charge is 0.363 e. The summed E-state index contributed by atoms with van der Waals surface area (Å²) < 4.78 is 0. The van der Waals surface area contributed by atoms with Gasteiger partial charge in [-0.2, -0.15) is 0 Å². The zero-order chi connectivity index (χ0) is 13.8. The van der Waals surface area contributed by atoms with Crippen LogP contribution >= 0.6 is 0 Å². The SMILES string of the molecule is Cc1cc([N+](=O)[O-])cnc1NC(C)c1ccncc1. The minimum absolute atomic E-state index is 0.000357. The molecule has 1 atom stereocenters. The number of hydrogen-bond acceptors (Lipinski definition) is 5. The van der Waals surface area contributed by atoms with Gasteiger partial charge in [-0.3, -0.25) is 15.1 Å². The standard InChI is InChI=1S/C13H14N4O2/c1-9-7-12(17(18)19)8-15-13(9)16-10(2)11-3-5-14-6-4-11/h3-8,10H,1-2H3,(H,15,16). The molecule has 1 N–H and O–H groups in total. The highest BCUT2D eigenvalue weighted by molar-refractivity contribution is 5.49. The lowest BCUT2D eigenvalue weighted by Crippen LogP contribution is -2.09. The first-order valence-corrected chi connectivity index (χ1v) is 5.85. The summed E-state index contributed by atoms with van der Waals surface area (Å²) in [6.07, 6.45) is 4.71. The summed E-state index contributed by atoms with van der Waals surface area (Å²) in [6.45, 7) is 3.79. The maximum absolute atomic E-state index is 10.6. The Morgan fingerprint density at radius 2 is 2.05 bits per heavy atom. The molecule has 0 aliphatic carbocycles. The molecule has 2 rings (SSSR count). The lowest BCUT2D eigenvalue weighted by molar-refractivity contribution is -0.385. The fourth-order valence-corrected chi connectivity index (χ4v) is 1.75. The highest BCUT2D eigenvalue weighted by atomic mass is 16.6. The van der Waals surface area contributed by atoms with Crippen molar-refractivity contribution < 1.29 is 4.92 Å². The van der Waals surface area contributed by atoms with Crippen LogP contribution in [0.3, 0.4) is 0 Å². The molecule has 6 heteroatoms. The van der Waals surface area contributed by atoms with E-state index in [1.165, 1.54) is 12.3 Å². The number of aromatic nitrogens is 2. The average Bonchev–Trinajstić information content (AvgIpc) is 2.41. The van der Waals surface area contributed by atoms with Crippen molar-refractivity contribution in [1.29, 1.82) is 0 Å². The summed E-state index contributed by atoms with van der Waals surface area (Å²) in [6, 6.07) is 5.39. The molecule has 0 radical (unpaired) electrons. The molecule has 2 aromatic rings. The molecule has 6 nitrogen and oxygen atoms in total. The fraction of sp³-hybridized carbons (Fsp3) is 0.231. The molecular weight excluding hydrogens is 244 g/mol. The van der Waals surface area contributed by atoms with Crippen molar-refractivity contribution >= 4 is 11.5 Å². The molecule has 0 saturated heterocycles. The first kappa shape index (κ1) is 12.9. The van der Waals surface area contributed by atoms with Crippen molar-refractivity contribution in [2.24, 2.45) is 0 Å². The molecule has 2 aromatic heterocycles. The predicted octanol–water partition coefficient (Wildman–Crippen LogP) is 2.87. The summed E-state index contributed by atoms with van der Waals surface area (Å²) in [7, 11) is 0. The van der Waals surface area contributed by atoms with Gasteiger partial charge in [-0.15, -0.1) is 0 Å². The zero-order valence-corrected chi connectivity index (χ0v) is 10.7. The summed E-state index contributed by atoms with van der Waals surface area (Å²) in [4.78, 5) is 18.3. The van der Waals surface area contributed by atoms with E-state index in [4.69, 9.17) is 0 Å². The van der Waals surface area contributed by atoms with Crippen LogP contribution in [0.1, 0.15) is 24.1 Å². The summed E-state index contributed by atoms with van der Waals surface area (Å²) in [5, 5.41) is 13.9. The van der Waals surface area contributed by atoms with Crippen LogP contribution in [0.15, 0.2) is 36.8 Å². The van der Waals surface area contributed by atoms with Crippen LogP contribution in [0.4, 0.5) is 11.5 Å². The molecule has 0 amide bonds. The van der Waals surface area contributed by atoms with E-state index in [1.54, 1.807) is 19.3 Å². The number of anilines is 1.